The van der Waals surface area contributed by atoms with Gasteiger partial charge in [-0.3, -0.25) is 9.97 Å². The smallest absolute Gasteiger partial charge is 0.398 e. The van der Waals surface area contributed by atoms with E-state index >= 15 is 0 Å². The summed E-state index contributed by atoms with van der Waals surface area (Å²) in [5, 5.41) is 0.498. The Morgan fingerprint density at radius 1 is 1.00 bits per heavy atom. The highest BCUT2D eigenvalue weighted by molar-refractivity contribution is 5.95. The average molecular weight is 344 g/mol. The van der Waals surface area contributed by atoms with Crippen molar-refractivity contribution in [3.8, 4) is 11.3 Å². The van der Waals surface area contributed by atoms with Crippen molar-refractivity contribution in [2.75, 3.05) is 5.73 Å². The summed E-state index contributed by atoms with van der Waals surface area (Å²) >= 11 is 0. The van der Waals surface area contributed by atoms with Crippen molar-refractivity contribution < 1.29 is 13.2 Å². The molecule has 4 rings (SSSR count). The number of nitrogen functional groups attached to an aromatic ring is 1. The van der Waals surface area contributed by atoms with Gasteiger partial charge in [-0.2, -0.15) is 13.2 Å². The van der Waals surface area contributed by atoms with Crippen molar-refractivity contribution in [3.63, 3.8) is 0 Å². The number of anilines is 1. The van der Waals surface area contributed by atoms with Gasteiger partial charge in [-0.1, -0.05) is 6.42 Å². The molecular formula is C18H15F3N4. The number of fused-ring (bicyclic) bond motifs is 1. The standard InChI is InChI=1S/C18H15F3N4/c19-18(20,21)17(5-1-6-17)14-15(22)12-4-9-24-10-13(12)25-16(14)11-2-7-23-8-3-11/h2-4,7-10H,1,5-6H2,(H2,22,25). The monoisotopic (exact) mass is 344 g/mol. The van der Waals surface area contributed by atoms with Gasteiger partial charge in [0.1, 0.15) is 0 Å². The molecule has 3 heterocycles. The molecule has 0 aliphatic heterocycles. The second kappa shape index (κ2) is 5.40. The van der Waals surface area contributed by atoms with Gasteiger partial charge in [-0.05, 0) is 31.0 Å². The van der Waals surface area contributed by atoms with Crippen LogP contribution in [-0.2, 0) is 5.41 Å². The summed E-state index contributed by atoms with van der Waals surface area (Å²) in [6, 6.07) is 4.91. The summed E-state index contributed by atoms with van der Waals surface area (Å²) in [5.41, 5.74) is 5.84. The molecule has 0 aromatic carbocycles. The van der Waals surface area contributed by atoms with E-state index in [2.05, 4.69) is 15.0 Å². The Hall–Kier alpha value is -2.70. The molecule has 128 valence electrons. The van der Waals surface area contributed by atoms with E-state index in [4.69, 9.17) is 5.73 Å². The van der Waals surface area contributed by atoms with Crippen LogP contribution in [0.3, 0.4) is 0 Å². The molecular weight excluding hydrogens is 329 g/mol. The summed E-state index contributed by atoms with van der Waals surface area (Å²) < 4.78 is 42.0. The third-order valence-corrected chi connectivity index (χ3v) is 5.01. The van der Waals surface area contributed by atoms with Crippen molar-refractivity contribution in [2.45, 2.75) is 30.9 Å². The average Bonchev–Trinajstić information content (AvgIpc) is 2.55. The van der Waals surface area contributed by atoms with Crippen LogP contribution in [0.5, 0.6) is 0 Å². The normalized spacial score (nSPS) is 16.6. The molecule has 0 radical (unpaired) electrons. The van der Waals surface area contributed by atoms with Crippen LogP contribution in [0, 0.1) is 0 Å². The first-order valence-electron chi connectivity index (χ1n) is 7.95. The highest BCUT2D eigenvalue weighted by atomic mass is 19.4. The Kier molecular flexibility index (Phi) is 3.42. The molecule has 2 N–H and O–H groups in total. The summed E-state index contributed by atoms with van der Waals surface area (Å²) in [4.78, 5) is 12.4. The number of aromatic nitrogens is 3. The van der Waals surface area contributed by atoms with Gasteiger partial charge >= 0.3 is 6.18 Å². The van der Waals surface area contributed by atoms with E-state index in [0.29, 0.717) is 22.9 Å². The summed E-state index contributed by atoms with van der Waals surface area (Å²) in [6.07, 6.45) is 2.27. The van der Waals surface area contributed by atoms with E-state index in [1.54, 1.807) is 18.2 Å². The predicted octanol–water partition coefficient (Wildman–Crippen LogP) is 4.26. The number of halogens is 3. The first-order chi connectivity index (χ1) is 11.9. The predicted molar refractivity (Wildman–Crippen MR) is 88.8 cm³/mol. The van der Waals surface area contributed by atoms with Gasteiger partial charge in [-0.15, -0.1) is 0 Å². The third-order valence-electron chi connectivity index (χ3n) is 5.01. The van der Waals surface area contributed by atoms with E-state index < -0.39 is 11.6 Å². The van der Waals surface area contributed by atoms with Crippen molar-refractivity contribution in [3.05, 3.63) is 48.5 Å². The van der Waals surface area contributed by atoms with Crippen LogP contribution in [0.1, 0.15) is 24.8 Å². The second-order valence-corrected chi connectivity index (χ2v) is 6.31. The van der Waals surface area contributed by atoms with Crippen molar-refractivity contribution in [1.82, 2.24) is 15.0 Å². The second-order valence-electron chi connectivity index (χ2n) is 6.31. The highest BCUT2D eigenvalue weighted by Crippen LogP contribution is 2.58. The zero-order valence-corrected chi connectivity index (χ0v) is 13.2. The number of hydrogen-bond acceptors (Lipinski definition) is 4. The van der Waals surface area contributed by atoms with Crippen molar-refractivity contribution in [2.24, 2.45) is 0 Å². The fourth-order valence-corrected chi connectivity index (χ4v) is 3.55. The quantitative estimate of drug-likeness (QED) is 0.754. The van der Waals surface area contributed by atoms with E-state index in [1.807, 2.05) is 0 Å². The Balaban J connectivity index is 2.10. The van der Waals surface area contributed by atoms with Crippen molar-refractivity contribution in [1.29, 1.82) is 0 Å². The highest BCUT2D eigenvalue weighted by Gasteiger charge is 2.61. The molecule has 25 heavy (non-hydrogen) atoms. The molecule has 1 aliphatic carbocycles. The number of nitrogens with two attached hydrogens (primary N) is 1. The van der Waals surface area contributed by atoms with Gasteiger partial charge < -0.3 is 5.73 Å². The third kappa shape index (κ3) is 2.26. The van der Waals surface area contributed by atoms with E-state index in [1.165, 1.54) is 24.8 Å². The number of pyridine rings is 3. The maximum absolute atomic E-state index is 14.0. The minimum atomic E-state index is -4.39. The fraction of sp³-hybridized carbons (Fsp3) is 0.278. The molecule has 4 nitrogen and oxygen atoms in total. The first-order valence-corrected chi connectivity index (χ1v) is 7.95. The lowest BCUT2D eigenvalue weighted by Crippen LogP contribution is -2.48. The summed E-state index contributed by atoms with van der Waals surface area (Å²) in [7, 11) is 0. The first kappa shape index (κ1) is 15.8. The Labute approximate surface area is 141 Å². The lowest BCUT2D eigenvalue weighted by atomic mass is 9.62. The molecule has 0 saturated heterocycles. The van der Waals surface area contributed by atoms with Crippen LogP contribution in [0.15, 0.2) is 43.0 Å². The van der Waals surface area contributed by atoms with E-state index in [-0.39, 0.29) is 29.8 Å². The molecule has 1 fully saturated rings. The number of alkyl halides is 3. The molecule has 0 atom stereocenters. The van der Waals surface area contributed by atoms with Gasteiger partial charge in [0, 0.05) is 40.8 Å². The van der Waals surface area contributed by atoms with Crippen LogP contribution in [0.25, 0.3) is 22.2 Å². The topological polar surface area (TPSA) is 64.7 Å². The van der Waals surface area contributed by atoms with Crippen LogP contribution < -0.4 is 5.73 Å². The van der Waals surface area contributed by atoms with Crippen LogP contribution in [-0.4, -0.2) is 21.1 Å². The van der Waals surface area contributed by atoms with E-state index in [9.17, 15) is 13.2 Å². The van der Waals surface area contributed by atoms with Gasteiger partial charge in [-0.25, -0.2) is 4.98 Å². The van der Waals surface area contributed by atoms with Crippen LogP contribution >= 0.6 is 0 Å². The zero-order valence-electron chi connectivity index (χ0n) is 13.2. The summed E-state index contributed by atoms with van der Waals surface area (Å²) in [6.45, 7) is 0. The molecule has 0 spiro atoms. The molecule has 1 saturated carbocycles. The van der Waals surface area contributed by atoms with Gasteiger partial charge in [0.15, 0.2) is 0 Å². The Bertz CT molecular complexity index is 934. The Morgan fingerprint density at radius 3 is 2.28 bits per heavy atom. The number of nitrogens with zero attached hydrogens (tertiary/aromatic N) is 3. The number of rotatable bonds is 2. The minimum absolute atomic E-state index is 0.0249. The minimum Gasteiger partial charge on any atom is -0.398 e. The maximum atomic E-state index is 14.0. The van der Waals surface area contributed by atoms with Gasteiger partial charge in [0.2, 0.25) is 0 Å². The SMILES string of the molecule is Nc1c(C2(C(F)(F)F)CCC2)c(-c2ccncc2)nc2cnccc12. The molecule has 7 heteroatoms. The lowest BCUT2D eigenvalue weighted by molar-refractivity contribution is -0.212. The molecule has 1 aliphatic rings. The Morgan fingerprint density at radius 2 is 1.68 bits per heavy atom. The summed E-state index contributed by atoms with van der Waals surface area (Å²) in [5.74, 6) is 0. The molecule has 0 amide bonds. The van der Waals surface area contributed by atoms with E-state index in [0.717, 1.165) is 0 Å². The van der Waals surface area contributed by atoms with Crippen LogP contribution in [0.2, 0.25) is 0 Å². The number of hydrogen-bond donors (Lipinski definition) is 1. The van der Waals surface area contributed by atoms with Gasteiger partial charge in [0.25, 0.3) is 0 Å². The largest absolute Gasteiger partial charge is 0.398 e. The van der Waals surface area contributed by atoms with Crippen LogP contribution in [0.4, 0.5) is 18.9 Å². The molecule has 3 aromatic heterocycles. The molecule has 3 aromatic rings. The molecule has 0 unspecified atom stereocenters. The van der Waals surface area contributed by atoms with Gasteiger partial charge in [0.05, 0.1) is 22.8 Å². The zero-order chi connectivity index (χ0) is 17.7. The fourth-order valence-electron chi connectivity index (χ4n) is 3.55. The lowest BCUT2D eigenvalue weighted by Gasteiger charge is -2.45. The maximum Gasteiger partial charge on any atom is 0.398 e. The molecule has 0 bridgehead atoms. The van der Waals surface area contributed by atoms with Crippen molar-refractivity contribution >= 4 is 16.6 Å².